The molecule has 0 aromatic carbocycles. The molecular formula is C9H10N2O. The Morgan fingerprint density at radius 1 is 1.58 bits per heavy atom. The molecule has 3 nitrogen and oxygen atoms in total. The summed E-state index contributed by atoms with van der Waals surface area (Å²) in [7, 11) is 0. The van der Waals surface area contributed by atoms with Gasteiger partial charge in [0.25, 0.3) is 0 Å². The van der Waals surface area contributed by atoms with Crippen LogP contribution in [0, 0.1) is 0 Å². The molecule has 0 aliphatic carbocycles. The maximum absolute atomic E-state index is 10.6. The molecule has 0 spiro atoms. The van der Waals surface area contributed by atoms with Gasteiger partial charge in [0.2, 0.25) is 6.41 Å². The third kappa shape index (κ3) is 1.07. The van der Waals surface area contributed by atoms with Gasteiger partial charge in [0.05, 0.1) is 0 Å². The van der Waals surface area contributed by atoms with E-state index in [9.17, 15) is 4.79 Å². The molecule has 1 amide bonds. The number of aryl methyl sites for hydroxylation is 1. The molecule has 0 saturated carbocycles. The predicted molar refractivity (Wildman–Crippen MR) is 46.0 cm³/mol. The summed E-state index contributed by atoms with van der Waals surface area (Å²) in [5, 5.41) is 0. The lowest BCUT2D eigenvalue weighted by Gasteiger charge is -2.23. The second kappa shape index (κ2) is 2.93. The maximum Gasteiger partial charge on any atom is 0.215 e. The summed E-state index contributed by atoms with van der Waals surface area (Å²) in [6.07, 6.45) is 4.65. The first-order chi connectivity index (χ1) is 5.92. The van der Waals surface area contributed by atoms with E-state index in [0.29, 0.717) is 0 Å². The van der Waals surface area contributed by atoms with Crippen LogP contribution in [0.5, 0.6) is 0 Å². The lowest BCUT2D eigenvalue weighted by atomic mass is 10.1. The molecule has 0 radical (unpaired) electrons. The molecule has 0 unspecified atom stereocenters. The largest absolute Gasteiger partial charge is 0.299 e. The molecule has 0 atom stereocenters. The van der Waals surface area contributed by atoms with Gasteiger partial charge in [-0.15, -0.1) is 0 Å². The van der Waals surface area contributed by atoms with Gasteiger partial charge in [-0.25, -0.2) is 4.98 Å². The van der Waals surface area contributed by atoms with Gasteiger partial charge in [-0.2, -0.15) is 0 Å². The Labute approximate surface area is 71.0 Å². The first kappa shape index (κ1) is 7.28. The van der Waals surface area contributed by atoms with Crippen LogP contribution in [0.1, 0.15) is 12.0 Å². The molecule has 2 rings (SSSR count). The van der Waals surface area contributed by atoms with Gasteiger partial charge < -0.3 is 0 Å². The van der Waals surface area contributed by atoms with Crippen molar-refractivity contribution in [2.75, 3.05) is 11.4 Å². The van der Waals surface area contributed by atoms with Gasteiger partial charge >= 0.3 is 0 Å². The van der Waals surface area contributed by atoms with E-state index in [1.54, 1.807) is 11.1 Å². The summed E-state index contributed by atoms with van der Waals surface area (Å²) in [5.41, 5.74) is 1.18. The number of fused-ring (bicyclic) bond motifs is 1. The quantitative estimate of drug-likeness (QED) is 0.577. The average molecular weight is 162 g/mol. The highest BCUT2D eigenvalue weighted by Crippen LogP contribution is 2.22. The lowest BCUT2D eigenvalue weighted by Crippen LogP contribution is -2.28. The summed E-state index contributed by atoms with van der Waals surface area (Å²) >= 11 is 0. The highest BCUT2D eigenvalue weighted by molar-refractivity contribution is 5.75. The van der Waals surface area contributed by atoms with E-state index in [2.05, 4.69) is 4.98 Å². The first-order valence-electron chi connectivity index (χ1n) is 4.07. The first-order valence-corrected chi connectivity index (χ1v) is 4.07. The molecule has 3 heteroatoms. The summed E-state index contributed by atoms with van der Waals surface area (Å²) in [4.78, 5) is 16.4. The molecule has 0 saturated heterocycles. The van der Waals surface area contributed by atoms with Crippen LogP contribution in [0.15, 0.2) is 18.3 Å². The van der Waals surface area contributed by atoms with Crippen molar-refractivity contribution in [3.05, 3.63) is 23.9 Å². The number of amides is 1. The Hall–Kier alpha value is -1.38. The van der Waals surface area contributed by atoms with Crippen molar-refractivity contribution in [2.24, 2.45) is 0 Å². The third-order valence-corrected chi connectivity index (χ3v) is 2.11. The number of carbonyl (C=O) groups is 1. The Balaban J connectivity index is 2.43. The smallest absolute Gasteiger partial charge is 0.215 e. The Morgan fingerprint density at radius 3 is 3.33 bits per heavy atom. The number of pyridine rings is 1. The highest BCUT2D eigenvalue weighted by Gasteiger charge is 2.15. The number of hydrogen-bond donors (Lipinski definition) is 0. The van der Waals surface area contributed by atoms with Crippen molar-refractivity contribution in [3.8, 4) is 0 Å². The van der Waals surface area contributed by atoms with Crippen molar-refractivity contribution >= 4 is 12.2 Å². The van der Waals surface area contributed by atoms with Crippen LogP contribution < -0.4 is 4.90 Å². The van der Waals surface area contributed by atoms with Crippen LogP contribution in [-0.4, -0.2) is 17.9 Å². The summed E-state index contributed by atoms with van der Waals surface area (Å²) in [6.45, 7) is 0.799. The predicted octanol–water partition coefficient (Wildman–Crippen LogP) is 0.991. The molecule has 1 aromatic rings. The van der Waals surface area contributed by atoms with Crippen molar-refractivity contribution in [2.45, 2.75) is 12.8 Å². The fraction of sp³-hybridized carbons (Fsp3) is 0.333. The zero-order chi connectivity index (χ0) is 8.39. The molecule has 2 heterocycles. The van der Waals surface area contributed by atoms with Gasteiger partial charge in [0, 0.05) is 12.7 Å². The summed E-state index contributed by atoms with van der Waals surface area (Å²) in [6, 6.07) is 3.94. The molecular weight excluding hydrogens is 152 g/mol. The van der Waals surface area contributed by atoms with E-state index in [0.717, 1.165) is 31.6 Å². The molecule has 0 N–H and O–H groups in total. The summed E-state index contributed by atoms with van der Waals surface area (Å²) < 4.78 is 0. The van der Waals surface area contributed by atoms with Gasteiger partial charge in [-0.1, -0.05) is 6.07 Å². The van der Waals surface area contributed by atoms with Crippen molar-refractivity contribution in [3.63, 3.8) is 0 Å². The van der Waals surface area contributed by atoms with E-state index >= 15 is 0 Å². The molecule has 0 fully saturated rings. The van der Waals surface area contributed by atoms with E-state index < -0.39 is 0 Å². The zero-order valence-electron chi connectivity index (χ0n) is 6.73. The molecule has 1 aliphatic heterocycles. The second-order valence-corrected chi connectivity index (χ2v) is 2.89. The highest BCUT2D eigenvalue weighted by atomic mass is 16.1. The van der Waals surface area contributed by atoms with E-state index in [1.807, 2.05) is 12.1 Å². The molecule has 12 heavy (non-hydrogen) atoms. The fourth-order valence-corrected chi connectivity index (χ4v) is 1.53. The van der Waals surface area contributed by atoms with E-state index in [1.165, 1.54) is 5.56 Å². The molecule has 1 aliphatic rings. The number of aromatic nitrogens is 1. The SMILES string of the molecule is O=CN1CCCc2cccnc21. The van der Waals surface area contributed by atoms with Crippen LogP contribution in [0.4, 0.5) is 5.82 Å². The van der Waals surface area contributed by atoms with Crippen LogP contribution in [-0.2, 0) is 11.2 Å². The van der Waals surface area contributed by atoms with E-state index in [-0.39, 0.29) is 0 Å². The number of anilines is 1. The van der Waals surface area contributed by atoms with Gasteiger partial charge in [0.15, 0.2) is 0 Å². The second-order valence-electron chi connectivity index (χ2n) is 2.89. The zero-order valence-corrected chi connectivity index (χ0v) is 6.73. The summed E-state index contributed by atoms with van der Waals surface area (Å²) in [5.74, 6) is 0.832. The number of hydrogen-bond acceptors (Lipinski definition) is 2. The Bertz CT molecular complexity index is 298. The number of nitrogens with zero attached hydrogens (tertiary/aromatic N) is 2. The fourth-order valence-electron chi connectivity index (χ4n) is 1.53. The van der Waals surface area contributed by atoms with Crippen LogP contribution in [0.3, 0.4) is 0 Å². The monoisotopic (exact) mass is 162 g/mol. The minimum absolute atomic E-state index is 0.799. The van der Waals surface area contributed by atoms with Crippen LogP contribution in [0.25, 0.3) is 0 Å². The maximum atomic E-state index is 10.6. The standard InChI is InChI=1S/C9H10N2O/c12-7-11-6-2-4-8-3-1-5-10-9(8)11/h1,3,5,7H,2,4,6H2. The molecule has 62 valence electrons. The Kier molecular flexibility index (Phi) is 1.78. The van der Waals surface area contributed by atoms with Crippen LogP contribution >= 0.6 is 0 Å². The Morgan fingerprint density at radius 2 is 2.50 bits per heavy atom. The number of carbonyl (C=O) groups excluding carboxylic acids is 1. The van der Waals surface area contributed by atoms with E-state index in [4.69, 9.17) is 0 Å². The number of rotatable bonds is 1. The average Bonchev–Trinajstić information content (AvgIpc) is 2.17. The third-order valence-electron chi connectivity index (χ3n) is 2.11. The topological polar surface area (TPSA) is 33.2 Å². The van der Waals surface area contributed by atoms with Crippen molar-refractivity contribution < 1.29 is 4.79 Å². The van der Waals surface area contributed by atoms with Crippen molar-refractivity contribution in [1.82, 2.24) is 4.98 Å². The minimum atomic E-state index is 0.799. The van der Waals surface area contributed by atoms with Crippen LogP contribution in [0.2, 0.25) is 0 Å². The molecule has 0 bridgehead atoms. The van der Waals surface area contributed by atoms with Gasteiger partial charge in [-0.3, -0.25) is 9.69 Å². The van der Waals surface area contributed by atoms with Gasteiger partial charge in [-0.05, 0) is 24.5 Å². The van der Waals surface area contributed by atoms with Crippen molar-refractivity contribution in [1.29, 1.82) is 0 Å². The lowest BCUT2D eigenvalue weighted by molar-refractivity contribution is -0.107. The minimum Gasteiger partial charge on any atom is -0.299 e. The normalized spacial score (nSPS) is 15.5. The van der Waals surface area contributed by atoms with Gasteiger partial charge in [0.1, 0.15) is 5.82 Å². The molecule has 1 aromatic heterocycles.